The van der Waals surface area contributed by atoms with Crippen molar-refractivity contribution in [1.82, 2.24) is 5.32 Å². The predicted octanol–water partition coefficient (Wildman–Crippen LogP) is 3.60. The number of hydrogen-bond acceptors (Lipinski definition) is 3. The molecule has 2 rings (SSSR count). The van der Waals surface area contributed by atoms with Crippen LogP contribution in [0.25, 0.3) is 0 Å². The topological polar surface area (TPSA) is 21.3 Å². The Hall–Kier alpha value is -0.740. The summed E-state index contributed by atoms with van der Waals surface area (Å²) in [4.78, 5) is 0. The summed E-state index contributed by atoms with van der Waals surface area (Å²) >= 11 is 1.97. The van der Waals surface area contributed by atoms with Crippen molar-refractivity contribution in [2.45, 2.75) is 43.5 Å². The maximum Gasteiger partial charge on any atom is 0.131 e. The molecule has 1 aliphatic carbocycles. The molecule has 1 aromatic rings. The van der Waals surface area contributed by atoms with Crippen LogP contribution in [0.1, 0.15) is 31.2 Å². The summed E-state index contributed by atoms with van der Waals surface area (Å²) in [6.07, 6.45) is 7.12. The van der Waals surface area contributed by atoms with E-state index in [4.69, 9.17) is 4.74 Å². The smallest absolute Gasteiger partial charge is 0.131 e. The van der Waals surface area contributed by atoms with Crippen LogP contribution in [0, 0.1) is 5.82 Å². The van der Waals surface area contributed by atoms with Gasteiger partial charge in [0.25, 0.3) is 0 Å². The highest BCUT2D eigenvalue weighted by Crippen LogP contribution is 2.27. The fourth-order valence-corrected chi connectivity index (χ4v) is 3.30. The van der Waals surface area contributed by atoms with Crippen LogP contribution in [-0.4, -0.2) is 24.7 Å². The van der Waals surface area contributed by atoms with Crippen LogP contribution >= 0.6 is 11.8 Å². The van der Waals surface area contributed by atoms with Crippen molar-refractivity contribution in [1.29, 1.82) is 0 Å². The second-order valence-electron chi connectivity index (χ2n) is 5.05. The van der Waals surface area contributed by atoms with Crippen molar-refractivity contribution in [3.63, 3.8) is 0 Å². The third kappa shape index (κ3) is 4.11. The first-order chi connectivity index (χ1) is 9.22. The van der Waals surface area contributed by atoms with Crippen molar-refractivity contribution in [2.75, 3.05) is 13.4 Å². The number of thioether (sulfide) groups is 1. The van der Waals surface area contributed by atoms with Gasteiger partial charge >= 0.3 is 0 Å². The lowest BCUT2D eigenvalue weighted by Gasteiger charge is -2.28. The lowest BCUT2D eigenvalue weighted by Crippen LogP contribution is -2.33. The van der Waals surface area contributed by atoms with Gasteiger partial charge in [-0.15, -0.1) is 0 Å². The zero-order valence-corrected chi connectivity index (χ0v) is 12.4. The Balaban J connectivity index is 1.82. The highest BCUT2D eigenvalue weighted by Gasteiger charge is 2.20. The van der Waals surface area contributed by atoms with Crippen LogP contribution in [-0.2, 0) is 6.54 Å². The quantitative estimate of drug-likeness (QED) is 0.892. The fourth-order valence-electron chi connectivity index (χ4n) is 2.56. The molecule has 1 saturated carbocycles. The summed E-state index contributed by atoms with van der Waals surface area (Å²) in [5, 5.41) is 4.29. The van der Waals surface area contributed by atoms with Gasteiger partial charge in [0.15, 0.2) is 0 Å². The molecule has 0 unspecified atom stereocenters. The van der Waals surface area contributed by atoms with Crippen LogP contribution < -0.4 is 10.1 Å². The summed E-state index contributed by atoms with van der Waals surface area (Å²) in [5.41, 5.74) is 0.716. The maximum atomic E-state index is 13.8. The van der Waals surface area contributed by atoms with Gasteiger partial charge in [-0.25, -0.2) is 4.39 Å². The predicted molar refractivity (Wildman–Crippen MR) is 79.4 cm³/mol. The van der Waals surface area contributed by atoms with Gasteiger partial charge in [0.1, 0.15) is 11.6 Å². The molecule has 0 saturated heterocycles. The van der Waals surface area contributed by atoms with Crippen LogP contribution in [0.5, 0.6) is 5.75 Å². The van der Waals surface area contributed by atoms with Crippen LogP contribution in [0.2, 0.25) is 0 Å². The molecule has 1 fully saturated rings. The van der Waals surface area contributed by atoms with E-state index in [1.165, 1.54) is 31.7 Å². The van der Waals surface area contributed by atoms with E-state index in [-0.39, 0.29) is 5.82 Å². The van der Waals surface area contributed by atoms with Crippen molar-refractivity contribution in [3.8, 4) is 5.75 Å². The Bertz CT molecular complexity index is 405. The first-order valence-corrected chi connectivity index (χ1v) is 8.10. The third-order valence-electron chi connectivity index (χ3n) is 3.85. The summed E-state index contributed by atoms with van der Waals surface area (Å²) in [7, 11) is 1.55. The molecular weight excluding hydrogens is 261 g/mol. The van der Waals surface area contributed by atoms with E-state index in [2.05, 4.69) is 11.6 Å². The van der Waals surface area contributed by atoms with E-state index in [1.54, 1.807) is 13.2 Å². The summed E-state index contributed by atoms with van der Waals surface area (Å²) in [6, 6.07) is 5.59. The minimum atomic E-state index is -0.190. The van der Waals surface area contributed by atoms with Crippen molar-refractivity contribution >= 4 is 11.8 Å². The SMILES string of the molecule is COc1ccc(CNC2CCC(SC)CC2)c(F)c1. The van der Waals surface area contributed by atoms with E-state index in [0.717, 1.165) is 5.25 Å². The number of benzene rings is 1. The molecule has 0 heterocycles. The van der Waals surface area contributed by atoms with Crippen molar-refractivity contribution in [3.05, 3.63) is 29.6 Å². The molecule has 106 valence electrons. The monoisotopic (exact) mass is 283 g/mol. The maximum absolute atomic E-state index is 13.8. The molecular formula is C15H22FNOS. The number of nitrogens with one attached hydrogen (secondary N) is 1. The molecule has 0 atom stereocenters. The first kappa shape index (κ1) is 14.7. The summed E-state index contributed by atoms with van der Waals surface area (Å²) in [6.45, 7) is 0.602. The van der Waals surface area contributed by atoms with Gasteiger partial charge in [-0.05, 0) is 38.0 Å². The largest absolute Gasteiger partial charge is 0.497 e. The van der Waals surface area contributed by atoms with Gasteiger partial charge in [-0.3, -0.25) is 0 Å². The Morgan fingerprint density at radius 2 is 2.05 bits per heavy atom. The number of hydrogen-bond donors (Lipinski definition) is 1. The minimum absolute atomic E-state index is 0.190. The molecule has 0 aliphatic heterocycles. The number of methoxy groups -OCH3 is 1. The Morgan fingerprint density at radius 1 is 1.32 bits per heavy atom. The van der Waals surface area contributed by atoms with Gasteiger partial charge in [0.05, 0.1) is 7.11 Å². The average Bonchev–Trinajstić information content (AvgIpc) is 2.46. The minimum Gasteiger partial charge on any atom is -0.497 e. The molecule has 0 amide bonds. The molecule has 4 heteroatoms. The lowest BCUT2D eigenvalue weighted by atomic mass is 9.95. The van der Waals surface area contributed by atoms with Crippen LogP contribution in [0.3, 0.4) is 0 Å². The summed E-state index contributed by atoms with van der Waals surface area (Å²) in [5.74, 6) is 0.381. The molecule has 1 aromatic carbocycles. The zero-order valence-electron chi connectivity index (χ0n) is 11.6. The van der Waals surface area contributed by atoms with E-state index in [9.17, 15) is 4.39 Å². The molecule has 1 N–H and O–H groups in total. The number of ether oxygens (including phenoxy) is 1. The van der Waals surface area contributed by atoms with Gasteiger partial charge < -0.3 is 10.1 Å². The molecule has 0 radical (unpaired) electrons. The van der Waals surface area contributed by atoms with Crippen molar-refractivity contribution in [2.24, 2.45) is 0 Å². The molecule has 0 bridgehead atoms. The molecule has 1 aliphatic rings. The standard InChI is InChI=1S/C15H22FNOS/c1-18-13-6-3-11(15(16)9-13)10-17-12-4-7-14(19-2)8-5-12/h3,6,9,12,14,17H,4-5,7-8,10H2,1-2H3. The molecule has 0 aromatic heterocycles. The van der Waals surface area contributed by atoms with E-state index >= 15 is 0 Å². The van der Waals surface area contributed by atoms with Gasteiger partial charge in [0, 0.05) is 29.5 Å². The lowest BCUT2D eigenvalue weighted by molar-refractivity contribution is 0.375. The highest BCUT2D eigenvalue weighted by molar-refractivity contribution is 7.99. The Labute approximate surface area is 119 Å². The molecule has 19 heavy (non-hydrogen) atoms. The molecule has 0 spiro atoms. The Kier molecular flexibility index (Phi) is 5.52. The summed E-state index contributed by atoms with van der Waals surface area (Å²) < 4.78 is 18.8. The molecule has 2 nitrogen and oxygen atoms in total. The van der Waals surface area contributed by atoms with Gasteiger partial charge in [-0.2, -0.15) is 11.8 Å². The number of rotatable bonds is 5. The second-order valence-corrected chi connectivity index (χ2v) is 6.19. The second kappa shape index (κ2) is 7.15. The van der Waals surface area contributed by atoms with E-state index < -0.39 is 0 Å². The van der Waals surface area contributed by atoms with E-state index in [0.29, 0.717) is 23.9 Å². The van der Waals surface area contributed by atoms with Crippen molar-refractivity contribution < 1.29 is 9.13 Å². The highest BCUT2D eigenvalue weighted by atomic mass is 32.2. The number of halogens is 1. The van der Waals surface area contributed by atoms with Crippen LogP contribution in [0.4, 0.5) is 4.39 Å². The zero-order chi connectivity index (χ0) is 13.7. The van der Waals surface area contributed by atoms with Gasteiger partial charge in [0.2, 0.25) is 0 Å². The Morgan fingerprint density at radius 3 is 2.63 bits per heavy atom. The third-order valence-corrected chi connectivity index (χ3v) is 4.99. The first-order valence-electron chi connectivity index (χ1n) is 6.81. The van der Waals surface area contributed by atoms with E-state index in [1.807, 2.05) is 17.8 Å². The normalized spacial score (nSPS) is 23.3. The fraction of sp³-hybridized carbons (Fsp3) is 0.600. The van der Waals surface area contributed by atoms with Gasteiger partial charge in [-0.1, -0.05) is 6.07 Å². The average molecular weight is 283 g/mol. The van der Waals surface area contributed by atoms with Crippen LogP contribution in [0.15, 0.2) is 18.2 Å².